The van der Waals surface area contributed by atoms with E-state index in [-0.39, 0.29) is 0 Å². The van der Waals surface area contributed by atoms with Gasteiger partial charge in [0.1, 0.15) is 18.9 Å². The molecule has 0 aliphatic carbocycles. The minimum Gasteiger partial charge on any atom is -0.132 e. The fraction of sp³-hybridized carbons (Fsp3) is 0.333. The van der Waals surface area contributed by atoms with Gasteiger partial charge < -0.3 is 0 Å². The van der Waals surface area contributed by atoms with Crippen LogP contribution in [0.15, 0.2) is 12.7 Å². The maximum Gasteiger partial charge on any atom is 0.582 e. The molecule has 4 heteroatoms. The Kier molecular flexibility index (Phi) is 4.41. The van der Waals surface area contributed by atoms with Gasteiger partial charge in [0.05, 0.1) is 0 Å². The van der Waals surface area contributed by atoms with Crippen molar-refractivity contribution in [1.29, 1.82) is 0 Å². The van der Waals surface area contributed by atoms with E-state index in [9.17, 15) is 4.57 Å². The minimum absolute atomic E-state index is 0.304. The summed E-state index contributed by atoms with van der Waals surface area (Å²) in [7, 11) is -1.73. The molecule has 0 aromatic heterocycles. The van der Waals surface area contributed by atoms with Gasteiger partial charge in [-0.25, -0.2) is 0 Å². The van der Waals surface area contributed by atoms with Crippen molar-refractivity contribution in [3.8, 4) is 0 Å². The molecule has 0 N–H and O–H groups in total. The zero-order valence-corrected chi connectivity index (χ0v) is 5.49. The van der Waals surface area contributed by atoms with Crippen LogP contribution in [0.4, 0.5) is 0 Å². The van der Waals surface area contributed by atoms with E-state index < -0.39 is 7.23 Å². The molecule has 0 heterocycles. The van der Waals surface area contributed by atoms with Crippen molar-refractivity contribution in [2.24, 2.45) is 0 Å². The van der Waals surface area contributed by atoms with Gasteiger partial charge in [0, 0.05) is 0 Å². The Morgan fingerprint density at radius 2 is 2.57 bits per heavy atom. The number of hydrogen-bond acceptors (Lipinski definition) is 2. The molecule has 0 saturated heterocycles. The van der Waals surface area contributed by atoms with Gasteiger partial charge in [-0.15, -0.1) is 11.1 Å². The first-order valence-corrected chi connectivity index (χ1v) is 4.00. The second kappa shape index (κ2) is 4.31. The van der Waals surface area contributed by atoms with Crippen LogP contribution in [-0.4, -0.2) is 6.61 Å². The van der Waals surface area contributed by atoms with Gasteiger partial charge >= 0.3 is 7.23 Å². The Balaban J connectivity index is 2.97. The first-order chi connectivity index (χ1) is 3.27. The van der Waals surface area contributed by atoms with Gasteiger partial charge in [0.2, 0.25) is 0 Å². The molecule has 0 aliphatic heterocycles. The Morgan fingerprint density at radius 3 is 2.71 bits per heavy atom. The highest BCUT2D eigenvalue weighted by Gasteiger charge is 2.04. The van der Waals surface area contributed by atoms with Crippen LogP contribution < -0.4 is 0 Å². The van der Waals surface area contributed by atoms with Crippen molar-refractivity contribution < 1.29 is 9.09 Å². The zero-order chi connectivity index (χ0) is 5.70. The van der Waals surface area contributed by atoms with Gasteiger partial charge in [-0.1, -0.05) is 6.08 Å². The van der Waals surface area contributed by atoms with Gasteiger partial charge in [-0.05, 0) is 4.57 Å². The maximum atomic E-state index is 9.94. The smallest absolute Gasteiger partial charge is 0.132 e. The van der Waals surface area contributed by atoms with Crippen LogP contribution in [0.3, 0.4) is 0 Å². The van der Waals surface area contributed by atoms with Crippen LogP contribution in [0.1, 0.15) is 0 Å². The van der Waals surface area contributed by atoms with E-state index in [1.54, 1.807) is 0 Å². The minimum atomic E-state index is -1.73. The molecule has 0 aromatic carbocycles. The summed E-state index contributed by atoms with van der Waals surface area (Å²) in [6, 6.07) is 0. The van der Waals surface area contributed by atoms with Gasteiger partial charge in [-0.2, -0.15) is 0 Å². The maximum absolute atomic E-state index is 9.94. The largest absolute Gasteiger partial charge is 0.582 e. The Hall–Kier alpha value is 0.150. The van der Waals surface area contributed by atoms with E-state index in [1.807, 2.05) is 0 Å². The third-order valence-corrected chi connectivity index (χ3v) is 1.02. The molecule has 40 valence electrons. The summed E-state index contributed by atoms with van der Waals surface area (Å²) in [5, 5.41) is 0. The van der Waals surface area contributed by atoms with E-state index in [1.165, 1.54) is 6.08 Å². The molecule has 1 atom stereocenters. The number of hydrogen-bond donors (Lipinski definition) is 1. The van der Waals surface area contributed by atoms with E-state index in [4.69, 9.17) is 0 Å². The summed E-state index contributed by atoms with van der Waals surface area (Å²) in [5.41, 5.74) is 0. The van der Waals surface area contributed by atoms with Crippen LogP contribution in [0, 0.1) is 0 Å². The molecule has 7 heavy (non-hydrogen) atoms. The molecule has 0 fully saturated rings. The monoisotopic (exact) mass is 137 g/mol. The molecule has 0 aliphatic rings. The van der Waals surface area contributed by atoms with Crippen LogP contribution >= 0.6 is 19.5 Å². The molecule has 0 spiro atoms. The van der Waals surface area contributed by atoms with Crippen LogP contribution in [0.25, 0.3) is 0 Å². The Morgan fingerprint density at radius 1 is 2.00 bits per heavy atom. The van der Waals surface area contributed by atoms with E-state index in [0.29, 0.717) is 6.61 Å². The Bertz CT molecular complexity index is 83.0. The SMILES string of the molecule is C=CCO[P+](=O)S. The summed E-state index contributed by atoms with van der Waals surface area (Å²) in [5.74, 6) is 0. The predicted molar refractivity (Wildman–Crippen MR) is 32.7 cm³/mol. The summed E-state index contributed by atoms with van der Waals surface area (Å²) in [6.07, 6.45) is 1.52. The van der Waals surface area contributed by atoms with Crippen molar-refractivity contribution in [1.82, 2.24) is 0 Å². The van der Waals surface area contributed by atoms with E-state index in [0.717, 1.165) is 0 Å². The lowest BCUT2D eigenvalue weighted by Crippen LogP contribution is -1.72. The molecule has 2 nitrogen and oxygen atoms in total. The van der Waals surface area contributed by atoms with Crippen LogP contribution in [-0.2, 0) is 9.09 Å². The second-order valence-corrected chi connectivity index (χ2v) is 2.54. The molecule has 0 bridgehead atoms. The normalized spacial score (nSPS) is 10.7. The van der Waals surface area contributed by atoms with Crippen molar-refractivity contribution in [2.45, 2.75) is 0 Å². The summed E-state index contributed by atoms with van der Waals surface area (Å²) >= 11 is 3.47. The molecule has 1 unspecified atom stereocenters. The first-order valence-electron chi connectivity index (χ1n) is 1.67. The highest BCUT2D eigenvalue weighted by molar-refractivity contribution is 8.39. The topological polar surface area (TPSA) is 26.3 Å². The van der Waals surface area contributed by atoms with E-state index >= 15 is 0 Å². The quantitative estimate of drug-likeness (QED) is 0.364. The van der Waals surface area contributed by atoms with Gasteiger partial charge in [0.25, 0.3) is 0 Å². The average molecular weight is 137 g/mol. The van der Waals surface area contributed by atoms with Gasteiger partial charge in [-0.3, -0.25) is 0 Å². The molecule has 0 radical (unpaired) electrons. The van der Waals surface area contributed by atoms with Gasteiger partial charge in [0.15, 0.2) is 0 Å². The summed E-state index contributed by atoms with van der Waals surface area (Å²) in [4.78, 5) is 0. The lowest BCUT2D eigenvalue weighted by Gasteiger charge is -1.72. The molecular formula is C3H6O2PS+. The first kappa shape index (κ1) is 7.15. The number of thiol groups is 1. The Labute approximate surface area is 48.6 Å². The third-order valence-electron chi connectivity index (χ3n) is 0.303. The predicted octanol–water partition coefficient (Wildman–Crippen LogP) is 1.78. The van der Waals surface area contributed by atoms with E-state index in [2.05, 4.69) is 23.4 Å². The summed E-state index contributed by atoms with van der Waals surface area (Å²) < 4.78 is 14.4. The molecule has 0 rings (SSSR count). The fourth-order valence-electron chi connectivity index (χ4n) is 0.116. The van der Waals surface area contributed by atoms with Crippen LogP contribution in [0.2, 0.25) is 0 Å². The molecule has 0 aromatic rings. The van der Waals surface area contributed by atoms with Crippen molar-refractivity contribution in [3.05, 3.63) is 12.7 Å². The van der Waals surface area contributed by atoms with Crippen LogP contribution in [0.5, 0.6) is 0 Å². The highest BCUT2D eigenvalue weighted by atomic mass is 32.7. The van der Waals surface area contributed by atoms with Crippen molar-refractivity contribution in [2.75, 3.05) is 6.61 Å². The second-order valence-electron chi connectivity index (χ2n) is 0.822. The standard InChI is InChI=1S/C3H5O2PS/c1-2-3-5-6(4)7/h2H,1,3H2/p+1. The highest BCUT2D eigenvalue weighted by Crippen LogP contribution is 2.25. The lowest BCUT2D eigenvalue weighted by molar-refractivity contribution is 0.384. The molecule has 0 saturated carbocycles. The van der Waals surface area contributed by atoms with Crippen molar-refractivity contribution >= 4 is 19.5 Å². The molecular weight excluding hydrogens is 131 g/mol. The third kappa shape index (κ3) is 6.15. The summed E-state index contributed by atoms with van der Waals surface area (Å²) in [6.45, 7) is 3.65. The lowest BCUT2D eigenvalue weighted by atomic mass is 10.7. The average Bonchev–Trinajstić information content (AvgIpc) is 1.61. The molecule has 0 amide bonds. The number of rotatable bonds is 3. The fourth-order valence-corrected chi connectivity index (χ4v) is 0.549. The van der Waals surface area contributed by atoms with Crippen molar-refractivity contribution in [3.63, 3.8) is 0 Å². The zero-order valence-electron chi connectivity index (χ0n) is 3.70.